The minimum absolute atomic E-state index is 0.447. The Balaban J connectivity index is 2.68. The number of benzene rings is 1. The molecule has 1 unspecified atom stereocenters. The van der Waals surface area contributed by atoms with E-state index in [1.807, 2.05) is 0 Å². The van der Waals surface area contributed by atoms with Crippen LogP contribution in [0.5, 0.6) is 0 Å². The van der Waals surface area contributed by atoms with Gasteiger partial charge in [-0.3, -0.25) is 0 Å². The first-order chi connectivity index (χ1) is 6.63. The quantitative estimate of drug-likeness (QED) is 0.665. The van der Waals surface area contributed by atoms with Gasteiger partial charge in [-0.05, 0) is 42.7 Å². The van der Waals surface area contributed by atoms with Crippen LogP contribution in [0.2, 0.25) is 0 Å². The Hall–Kier alpha value is -0.780. The fraction of sp³-hybridized carbons (Fsp3) is 0.500. The summed E-state index contributed by atoms with van der Waals surface area (Å²) in [6, 6.07) is 8.92. The highest BCUT2D eigenvalue weighted by atomic mass is 14.1. The van der Waals surface area contributed by atoms with E-state index in [9.17, 15) is 0 Å². The van der Waals surface area contributed by atoms with Gasteiger partial charge in [0, 0.05) is 0 Å². The van der Waals surface area contributed by atoms with Gasteiger partial charge in [-0.2, -0.15) is 0 Å². The standard InChI is InChI=1S/C14H21/c1-5-12(4)14-8-6-13(7-9-14)10-11(2)3/h6-9,11-12H,4-5,10H2,1-3H3. The Morgan fingerprint density at radius 3 is 2.14 bits per heavy atom. The van der Waals surface area contributed by atoms with Crippen LogP contribution in [0.3, 0.4) is 0 Å². The SMILES string of the molecule is [CH2]C(CC)c1ccc(CC(C)C)cc1. The Morgan fingerprint density at radius 2 is 1.71 bits per heavy atom. The van der Waals surface area contributed by atoms with E-state index < -0.39 is 0 Å². The minimum Gasteiger partial charge on any atom is -0.0648 e. The topological polar surface area (TPSA) is 0 Å². The molecule has 0 fully saturated rings. The van der Waals surface area contributed by atoms with E-state index in [1.54, 1.807) is 0 Å². The first-order valence-corrected chi connectivity index (χ1v) is 5.55. The van der Waals surface area contributed by atoms with Gasteiger partial charge >= 0.3 is 0 Å². The predicted molar refractivity (Wildman–Crippen MR) is 63.4 cm³/mol. The number of hydrogen-bond acceptors (Lipinski definition) is 0. The molecule has 0 saturated heterocycles. The highest BCUT2D eigenvalue weighted by Crippen LogP contribution is 2.19. The predicted octanol–water partition coefficient (Wildman–Crippen LogP) is 4.21. The van der Waals surface area contributed by atoms with Gasteiger partial charge in [0.05, 0.1) is 0 Å². The Morgan fingerprint density at radius 1 is 1.14 bits per heavy atom. The molecule has 0 aliphatic rings. The number of hydrogen-bond donors (Lipinski definition) is 0. The van der Waals surface area contributed by atoms with Crippen LogP contribution < -0.4 is 0 Å². The van der Waals surface area contributed by atoms with Crippen molar-refractivity contribution in [3.63, 3.8) is 0 Å². The van der Waals surface area contributed by atoms with Crippen molar-refractivity contribution in [1.82, 2.24) is 0 Å². The van der Waals surface area contributed by atoms with Crippen LogP contribution in [-0.4, -0.2) is 0 Å². The van der Waals surface area contributed by atoms with E-state index >= 15 is 0 Å². The maximum Gasteiger partial charge on any atom is -0.0164 e. The van der Waals surface area contributed by atoms with Crippen LogP contribution in [0.25, 0.3) is 0 Å². The van der Waals surface area contributed by atoms with Gasteiger partial charge in [0.25, 0.3) is 0 Å². The maximum atomic E-state index is 4.12. The summed E-state index contributed by atoms with van der Waals surface area (Å²) in [6.07, 6.45) is 2.29. The van der Waals surface area contributed by atoms with Crippen LogP contribution in [0.4, 0.5) is 0 Å². The molecule has 1 aromatic rings. The van der Waals surface area contributed by atoms with Crippen molar-refractivity contribution in [1.29, 1.82) is 0 Å². The molecule has 0 aliphatic heterocycles. The third kappa shape index (κ3) is 3.17. The van der Waals surface area contributed by atoms with E-state index in [0.29, 0.717) is 5.92 Å². The molecule has 1 radical (unpaired) electrons. The summed E-state index contributed by atoms with van der Waals surface area (Å²) < 4.78 is 0. The average Bonchev–Trinajstić information content (AvgIpc) is 2.17. The zero-order chi connectivity index (χ0) is 10.6. The zero-order valence-electron chi connectivity index (χ0n) is 9.59. The minimum atomic E-state index is 0.447. The van der Waals surface area contributed by atoms with Gasteiger partial charge in [0.2, 0.25) is 0 Å². The summed E-state index contributed by atoms with van der Waals surface area (Å²) in [4.78, 5) is 0. The van der Waals surface area contributed by atoms with E-state index in [2.05, 4.69) is 52.0 Å². The molecule has 0 saturated carbocycles. The van der Waals surface area contributed by atoms with Crippen LogP contribution in [-0.2, 0) is 6.42 Å². The molecule has 77 valence electrons. The lowest BCUT2D eigenvalue weighted by Gasteiger charge is -2.10. The first-order valence-electron chi connectivity index (χ1n) is 5.55. The molecule has 0 aromatic heterocycles. The fourth-order valence-corrected chi connectivity index (χ4v) is 1.63. The van der Waals surface area contributed by atoms with E-state index in [1.165, 1.54) is 17.5 Å². The highest BCUT2D eigenvalue weighted by Gasteiger charge is 2.03. The lowest BCUT2D eigenvalue weighted by Crippen LogP contribution is -1.96. The van der Waals surface area contributed by atoms with Crippen LogP contribution >= 0.6 is 0 Å². The van der Waals surface area contributed by atoms with Crippen molar-refractivity contribution in [3.05, 3.63) is 42.3 Å². The van der Waals surface area contributed by atoms with Gasteiger partial charge < -0.3 is 0 Å². The molecule has 1 rings (SSSR count). The lowest BCUT2D eigenvalue weighted by atomic mass is 9.95. The third-order valence-electron chi connectivity index (χ3n) is 2.59. The van der Waals surface area contributed by atoms with Gasteiger partial charge in [0.15, 0.2) is 0 Å². The normalized spacial score (nSPS) is 13.2. The Bertz CT molecular complexity index is 256. The van der Waals surface area contributed by atoms with Crippen LogP contribution in [0, 0.1) is 12.8 Å². The first kappa shape index (κ1) is 11.3. The summed E-state index contributed by atoms with van der Waals surface area (Å²) in [5.74, 6) is 1.19. The second-order valence-electron chi connectivity index (χ2n) is 4.44. The smallest absolute Gasteiger partial charge is 0.0164 e. The highest BCUT2D eigenvalue weighted by molar-refractivity contribution is 5.26. The number of rotatable bonds is 4. The van der Waals surface area contributed by atoms with Crippen molar-refractivity contribution in [3.8, 4) is 0 Å². The molecule has 0 spiro atoms. The molecule has 0 bridgehead atoms. The molecule has 0 heterocycles. The second kappa shape index (κ2) is 5.19. The average molecular weight is 189 g/mol. The zero-order valence-corrected chi connectivity index (χ0v) is 9.59. The summed E-state index contributed by atoms with van der Waals surface area (Å²) in [7, 11) is 0. The van der Waals surface area contributed by atoms with Crippen molar-refractivity contribution in [2.75, 3.05) is 0 Å². The molecule has 0 nitrogen and oxygen atoms in total. The Kier molecular flexibility index (Phi) is 4.19. The molecule has 14 heavy (non-hydrogen) atoms. The fourth-order valence-electron chi connectivity index (χ4n) is 1.63. The van der Waals surface area contributed by atoms with Crippen LogP contribution in [0.15, 0.2) is 24.3 Å². The summed E-state index contributed by atoms with van der Waals surface area (Å²) in [6.45, 7) is 10.8. The van der Waals surface area contributed by atoms with Crippen LogP contribution in [0.1, 0.15) is 44.2 Å². The van der Waals surface area contributed by atoms with Crippen molar-refractivity contribution in [2.45, 2.75) is 39.5 Å². The molecule has 0 heteroatoms. The van der Waals surface area contributed by atoms with Gasteiger partial charge in [-0.25, -0.2) is 0 Å². The van der Waals surface area contributed by atoms with Crippen molar-refractivity contribution < 1.29 is 0 Å². The Labute approximate surface area is 88.4 Å². The molecule has 0 aliphatic carbocycles. The van der Waals surface area contributed by atoms with Crippen molar-refractivity contribution >= 4 is 0 Å². The maximum absolute atomic E-state index is 4.12. The summed E-state index contributed by atoms with van der Waals surface area (Å²) in [5.41, 5.74) is 2.80. The van der Waals surface area contributed by atoms with Gasteiger partial charge in [0.1, 0.15) is 0 Å². The molecular formula is C14H21. The van der Waals surface area contributed by atoms with Crippen molar-refractivity contribution in [2.24, 2.45) is 5.92 Å². The monoisotopic (exact) mass is 189 g/mol. The second-order valence-corrected chi connectivity index (χ2v) is 4.44. The largest absolute Gasteiger partial charge is 0.0648 e. The van der Waals surface area contributed by atoms with E-state index in [4.69, 9.17) is 0 Å². The third-order valence-corrected chi connectivity index (χ3v) is 2.59. The molecule has 0 amide bonds. The van der Waals surface area contributed by atoms with Gasteiger partial charge in [-0.15, -0.1) is 0 Å². The molecule has 1 atom stereocenters. The molecule has 1 aromatic carbocycles. The van der Waals surface area contributed by atoms with Gasteiger partial charge in [-0.1, -0.05) is 45.0 Å². The summed E-state index contributed by atoms with van der Waals surface area (Å²) >= 11 is 0. The lowest BCUT2D eigenvalue weighted by molar-refractivity contribution is 0.647. The summed E-state index contributed by atoms with van der Waals surface area (Å²) in [5, 5.41) is 0. The molecular weight excluding hydrogens is 168 g/mol. The van der Waals surface area contributed by atoms with E-state index in [-0.39, 0.29) is 0 Å². The molecule has 0 N–H and O–H groups in total. The van der Waals surface area contributed by atoms with E-state index in [0.717, 1.165) is 12.3 Å².